The van der Waals surface area contributed by atoms with Gasteiger partial charge in [0.2, 0.25) is 0 Å². The minimum atomic E-state index is -4.20. The summed E-state index contributed by atoms with van der Waals surface area (Å²) in [5.74, 6) is 0. The third-order valence-corrected chi connectivity index (χ3v) is 32.9. The van der Waals surface area contributed by atoms with E-state index in [4.69, 9.17) is 0 Å². The van der Waals surface area contributed by atoms with Crippen LogP contribution >= 0.6 is 24.8 Å². The zero-order valence-electron chi connectivity index (χ0n) is 44.3. The zero-order valence-corrected chi connectivity index (χ0v) is 49.8. The Kier molecular flexibility index (Phi) is 15.0. The molecule has 0 N–H and O–H groups in total. The molecule has 0 fully saturated rings. The molecule has 4 heteroatoms. The second-order valence-corrected chi connectivity index (χ2v) is 55.7. The first kappa shape index (κ1) is 53.8. The van der Waals surface area contributed by atoms with E-state index in [0.29, 0.717) is 7.25 Å². The van der Waals surface area contributed by atoms with Crippen LogP contribution in [0.3, 0.4) is 0 Å². The third kappa shape index (κ3) is 9.90. The topological polar surface area (TPSA) is 0 Å². The Morgan fingerprint density at radius 1 is 0.368 bits per heavy atom. The minimum Gasteiger partial charge on any atom is -0.147 e. The summed E-state index contributed by atoms with van der Waals surface area (Å²) in [6, 6.07) is 48.1. The van der Waals surface area contributed by atoms with Gasteiger partial charge in [0, 0.05) is 0 Å². The molecule has 6 aromatic carbocycles. The maximum Gasteiger partial charge on any atom is -0.147 e. The fourth-order valence-electron chi connectivity index (χ4n) is 11.7. The molecule has 2 atom stereocenters. The van der Waals surface area contributed by atoms with Crippen LogP contribution in [0, 0.1) is 0 Å². The molecule has 0 aromatic heterocycles. The second-order valence-electron chi connectivity index (χ2n) is 25.2. The molecule has 0 saturated carbocycles. The van der Waals surface area contributed by atoms with Gasteiger partial charge in [-0.15, -0.1) is 24.8 Å². The van der Waals surface area contributed by atoms with E-state index in [2.05, 4.69) is 247 Å². The molecule has 0 amide bonds. The van der Waals surface area contributed by atoms with Gasteiger partial charge in [-0.05, 0) is 0 Å². The van der Waals surface area contributed by atoms with Crippen molar-refractivity contribution in [1.29, 1.82) is 0 Å². The summed E-state index contributed by atoms with van der Waals surface area (Å²) in [6.07, 6.45) is 7.41. The van der Waals surface area contributed by atoms with E-state index in [1.165, 1.54) is 77.9 Å². The fraction of sp³-hybridized carbons (Fsp3) is 0.375. The molecule has 0 heterocycles. The van der Waals surface area contributed by atoms with Gasteiger partial charge in [-0.1, -0.05) is 0 Å². The van der Waals surface area contributed by atoms with Crippen molar-refractivity contribution in [2.24, 2.45) is 0 Å². The molecule has 2 aliphatic rings. The Bertz CT molecular complexity index is 2750. The predicted molar refractivity (Wildman–Crippen MR) is 306 cm³/mol. The van der Waals surface area contributed by atoms with Crippen LogP contribution in [0.4, 0.5) is 0 Å². The molecule has 6 aromatic rings. The molecule has 0 bridgehead atoms. The van der Waals surface area contributed by atoms with E-state index in [1.54, 1.807) is 22.3 Å². The molecular weight excluding hydrogens is 959 g/mol. The van der Waals surface area contributed by atoms with Crippen LogP contribution in [0.2, 0.25) is 9.26 Å². The van der Waals surface area contributed by atoms with E-state index >= 15 is 0 Å². The molecule has 0 radical (unpaired) electrons. The van der Waals surface area contributed by atoms with E-state index in [1.807, 2.05) is 0 Å². The summed E-state index contributed by atoms with van der Waals surface area (Å²) in [7, 11) is 0. The van der Waals surface area contributed by atoms with Crippen LogP contribution in [0.15, 0.2) is 132 Å². The van der Waals surface area contributed by atoms with Gasteiger partial charge in [-0.25, -0.2) is 0 Å². The van der Waals surface area contributed by atoms with Gasteiger partial charge in [0.15, 0.2) is 0 Å². The number of hydrogen-bond donors (Lipinski definition) is 0. The average molecular weight is 1040 g/mol. The summed E-state index contributed by atoms with van der Waals surface area (Å²) < 4.78 is 6.43. The second kappa shape index (κ2) is 18.9. The summed E-state index contributed by atoms with van der Waals surface area (Å²) in [6.45, 7) is 35.2. The van der Waals surface area contributed by atoms with E-state index in [0.717, 1.165) is 12.8 Å². The number of rotatable bonds is 8. The molecule has 0 spiro atoms. The molecular formula is C64H80Cl2SiZr. The molecule has 358 valence electrons. The molecule has 0 nitrogen and oxygen atoms in total. The van der Waals surface area contributed by atoms with Gasteiger partial charge in [0.05, 0.1) is 0 Å². The first-order valence-corrected chi connectivity index (χ1v) is 38.6. The number of benzene rings is 6. The van der Waals surface area contributed by atoms with Gasteiger partial charge < -0.3 is 0 Å². The maximum atomic E-state index is 2.85. The van der Waals surface area contributed by atoms with Crippen molar-refractivity contribution in [3.8, 4) is 44.5 Å². The van der Waals surface area contributed by atoms with Crippen molar-refractivity contribution >= 4 is 43.8 Å². The molecule has 0 aliphatic heterocycles. The van der Waals surface area contributed by atoms with Crippen molar-refractivity contribution < 1.29 is 17.4 Å². The van der Waals surface area contributed by atoms with Gasteiger partial charge >= 0.3 is 406 Å². The Balaban J connectivity index is 0.00000381. The van der Waals surface area contributed by atoms with Crippen molar-refractivity contribution in [3.63, 3.8) is 0 Å². The molecule has 2 aliphatic carbocycles. The zero-order chi connectivity index (χ0) is 48.0. The SMILES string of the molecule is CCC1=Cc2c(-c3ccc(C(C)(C)C)cc3)ccc(-c3ccc(C(C)(C)C)cc3)c2[CH]1[Zr]([CH3])([CH3])(=[SiH2])[CH]1C(CC)=Cc2c(-c3ccc(C(C)(C)C)cc3)ccc(-c3ccc(C(C)(C)C)cc3)c21.Cl.Cl. The smallest absolute Gasteiger partial charge is 0.147 e. The quantitative estimate of drug-likeness (QED) is 0.133. The van der Waals surface area contributed by atoms with Crippen molar-refractivity contribution in [2.45, 2.75) is 148 Å². The Morgan fingerprint density at radius 2 is 0.588 bits per heavy atom. The summed E-state index contributed by atoms with van der Waals surface area (Å²) in [5.41, 5.74) is 26.0. The fourth-order valence-corrected chi connectivity index (χ4v) is 31.6. The number of fused-ring (bicyclic) bond motifs is 2. The Labute approximate surface area is 427 Å². The summed E-state index contributed by atoms with van der Waals surface area (Å²) in [4.78, 5) is 0. The van der Waals surface area contributed by atoms with Crippen molar-refractivity contribution in [3.05, 3.63) is 177 Å². The largest absolute Gasteiger partial charge is 0.147 e. The van der Waals surface area contributed by atoms with Crippen LogP contribution in [-0.4, -0.2) is 6.88 Å². The Morgan fingerprint density at radius 3 is 0.809 bits per heavy atom. The van der Waals surface area contributed by atoms with Gasteiger partial charge in [0.1, 0.15) is 0 Å². The van der Waals surface area contributed by atoms with E-state index < -0.39 is 17.4 Å². The van der Waals surface area contributed by atoms with E-state index in [9.17, 15) is 0 Å². The van der Waals surface area contributed by atoms with Crippen LogP contribution in [0.5, 0.6) is 0 Å². The number of hydrogen-bond acceptors (Lipinski definition) is 0. The van der Waals surface area contributed by atoms with Crippen LogP contribution in [-0.2, 0) is 39.1 Å². The third-order valence-electron chi connectivity index (χ3n) is 15.5. The monoisotopic (exact) mass is 1040 g/mol. The minimum absolute atomic E-state index is 0. The van der Waals surface area contributed by atoms with Crippen LogP contribution in [0.1, 0.15) is 162 Å². The van der Waals surface area contributed by atoms with Crippen molar-refractivity contribution in [2.75, 3.05) is 0 Å². The number of halogens is 2. The summed E-state index contributed by atoms with van der Waals surface area (Å²) >= 11 is -4.20. The van der Waals surface area contributed by atoms with E-state index in [-0.39, 0.29) is 46.5 Å². The molecule has 8 rings (SSSR count). The normalized spacial score (nSPS) is 16.3. The van der Waals surface area contributed by atoms with Gasteiger partial charge in [-0.2, -0.15) is 0 Å². The van der Waals surface area contributed by atoms with Crippen molar-refractivity contribution in [1.82, 2.24) is 0 Å². The molecule has 68 heavy (non-hydrogen) atoms. The summed E-state index contributed by atoms with van der Waals surface area (Å²) in [5, 5.41) is 0. The van der Waals surface area contributed by atoms with Crippen LogP contribution < -0.4 is 0 Å². The molecule has 2 unspecified atom stereocenters. The number of allylic oxidation sites excluding steroid dienone is 2. The van der Waals surface area contributed by atoms with Gasteiger partial charge in [0.25, 0.3) is 0 Å². The Hall–Kier alpha value is -3.52. The average Bonchev–Trinajstić information content (AvgIpc) is 3.86. The molecule has 0 saturated heterocycles. The van der Waals surface area contributed by atoms with Gasteiger partial charge in [-0.3, -0.25) is 0 Å². The first-order chi connectivity index (χ1) is 30.7. The maximum absolute atomic E-state index is 4.20. The predicted octanol–water partition coefficient (Wildman–Crippen LogP) is 19.1. The first-order valence-electron chi connectivity index (χ1n) is 25.0. The van der Waals surface area contributed by atoms with Crippen LogP contribution in [0.25, 0.3) is 56.7 Å². The standard InChI is InChI=1S/2C31H35.2CH3.2ClH.H2Si.Zr/c2*1-8-21-19-28-26(22-9-13-24(14-10-22)30(2,3)4)17-18-27(29(28)20-21)23-11-15-25(16-12-23)31(5,6)7;;;;;;/h2*9-20H,8H2,1-7H3;2*1H3;2*1H;1H2;.